The lowest BCUT2D eigenvalue weighted by atomic mass is 9.64. The molecule has 3 aromatic heterocycles. The molecule has 3 heterocycles. The van der Waals surface area contributed by atoms with E-state index in [0.29, 0.717) is 0 Å². The maximum Gasteiger partial charge on any atom is 0.141 e. The lowest BCUT2D eigenvalue weighted by Crippen LogP contribution is -2.48. The summed E-state index contributed by atoms with van der Waals surface area (Å²) >= 11 is 1.89. The number of aromatic nitrogens is 2. The largest absolute Gasteiger partial charge is 0.310 e. The van der Waals surface area contributed by atoms with E-state index in [2.05, 4.69) is 228 Å². The average Bonchev–Trinajstić information content (AvgIpc) is 4.00. The molecule has 0 spiro atoms. The molecule has 2 nitrogen and oxygen atoms in total. The molecule has 9 aromatic carbocycles. The fourth-order valence-electron chi connectivity index (χ4n) is 11.0. The summed E-state index contributed by atoms with van der Waals surface area (Å²) in [7, 11) is 16.4. The molecule has 0 saturated carbocycles. The molecule has 0 aliphatic carbocycles. The normalized spacial score (nSPS) is 11.9. The predicted octanol–water partition coefficient (Wildman–Crippen LogP) is 3.06. The Morgan fingerprint density at radius 3 is 1.55 bits per heavy atom. The van der Waals surface area contributed by atoms with Crippen molar-refractivity contribution in [3.05, 3.63) is 164 Å². The van der Waals surface area contributed by atoms with Crippen molar-refractivity contribution in [2.45, 2.75) is 0 Å². The topological polar surface area (TPSA) is 9.86 Å². The quantitative estimate of drug-likeness (QED) is 0.237. The van der Waals surface area contributed by atoms with Gasteiger partial charge in [0.25, 0.3) is 0 Å². The van der Waals surface area contributed by atoms with Gasteiger partial charge < -0.3 is 9.13 Å². The number of thiophene rings is 1. The molecule has 0 radical (unpaired) electrons. The van der Waals surface area contributed by atoms with Crippen LogP contribution in [0.5, 0.6) is 0 Å². The number of fused-ring (bicyclic) bond motifs is 9. The highest BCUT2D eigenvalue weighted by atomic mass is 32.1. The zero-order chi connectivity index (χ0) is 43.5. The fraction of sp³-hybridized carbons (Fsp3) is 0. The summed E-state index contributed by atoms with van der Waals surface area (Å²) in [6.07, 6.45) is 0. The van der Waals surface area contributed by atoms with Gasteiger partial charge in [-0.25, -0.2) is 0 Å². The number of hydrogen-bond donors (Lipinski definition) is 0. The van der Waals surface area contributed by atoms with Gasteiger partial charge in [0.15, 0.2) is 0 Å². The van der Waals surface area contributed by atoms with Crippen LogP contribution in [-0.4, -0.2) is 64.1 Å². The van der Waals surface area contributed by atoms with E-state index in [1.807, 2.05) is 11.3 Å². The minimum atomic E-state index is 1.16. The van der Waals surface area contributed by atoms with Crippen molar-refractivity contribution in [3.63, 3.8) is 0 Å². The summed E-state index contributed by atoms with van der Waals surface area (Å²) in [6.45, 7) is 0. The van der Waals surface area contributed by atoms with E-state index in [1.165, 1.54) is 141 Å². The van der Waals surface area contributed by atoms with Crippen LogP contribution >= 0.6 is 11.3 Å². The summed E-state index contributed by atoms with van der Waals surface area (Å²) in [5.41, 5.74) is 24.3. The highest BCUT2D eigenvalue weighted by Crippen LogP contribution is 2.40. The molecule has 0 bridgehead atoms. The van der Waals surface area contributed by atoms with Crippen LogP contribution in [0.3, 0.4) is 0 Å². The predicted molar refractivity (Wildman–Crippen MR) is 302 cm³/mol. The SMILES string of the molecule is Bc1c(B)c(B)c2c(c1B)c1c(B)c(-c3ccc4c(c3)c3cc(-c5ccccc5)ccc3n4-c3cccc(-c4ccccc4)c3)c(B)c(B)c1n2-c1ccc2c(c1)sc1ccccc12. The van der Waals surface area contributed by atoms with E-state index in [-0.39, 0.29) is 0 Å². The molecule has 0 N–H and O–H groups in total. The standard InChI is InChI=1S/C54H41B7N2S/c55-46-43(47(56)51(60)53-44(46)45-48(57)49(58)50(59)52(61)54(45)63(53)34-20-21-36-35-16-7-8-17-41(35)64-42(36)27-34)32-19-23-40-38(26-32)37-25-31(29-12-5-2-6-13-29)18-22-39(37)62(40)33-15-9-14-30(24-33)28-10-3-1-4-11-28/h1-27H,55-61H2. The van der Waals surface area contributed by atoms with E-state index in [4.69, 9.17) is 0 Å². The van der Waals surface area contributed by atoms with E-state index in [9.17, 15) is 0 Å². The number of benzene rings is 9. The van der Waals surface area contributed by atoms with Crippen LogP contribution in [0.2, 0.25) is 0 Å². The van der Waals surface area contributed by atoms with Gasteiger partial charge in [-0.05, 0) is 93.4 Å². The Balaban J connectivity index is 1.13. The Kier molecular flexibility index (Phi) is 8.91. The van der Waals surface area contributed by atoms with Gasteiger partial charge in [0, 0.05) is 58.7 Å². The highest BCUT2D eigenvalue weighted by molar-refractivity contribution is 7.25. The van der Waals surface area contributed by atoms with Crippen LogP contribution in [0.4, 0.5) is 0 Å². The van der Waals surface area contributed by atoms with Gasteiger partial charge in [0.2, 0.25) is 0 Å². The van der Waals surface area contributed by atoms with E-state index in [0.717, 1.165) is 5.69 Å². The van der Waals surface area contributed by atoms with Crippen molar-refractivity contribution in [3.8, 4) is 44.8 Å². The number of nitrogens with zero attached hydrogens (tertiary/aromatic N) is 2. The van der Waals surface area contributed by atoms with Gasteiger partial charge in [-0.1, -0.05) is 142 Å². The molecule has 0 amide bonds. The third kappa shape index (κ3) is 5.68. The maximum atomic E-state index is 2.61. The Morgan fingerprint density at radius 2 is 0.844 bits per heavy atom. The first-order chi connectivity index (χ1) is 31.2. The molecule has 294 valence electrons. The molecule has 64 heavy (non-hydrogen) atoms. The van der Waals surface area contributed by atoms with Crippen molar-refractivity contribution in [1.29, 1.82) is 0 Å². The molecule has 0 atom stereocenters. The van der Waals surface area contributed by atoms with Gasteiger partial charge in [-0.2, -0.15) is 0 Å². The lowest BCUT2D eigenvalue weighted by molar-refractivity contribution is 1.18. The van der Waals surface area contributed by atoms with Crippen LogP contribution in [0.15, 0.2) is 164 Å². The molecule has 0 saturated heterocycles. The minimum absolute atomic E-state index is 1.16. The molecule has 12 aromatic rings. The summed E-state index contributed by atoms with van der Waals surface area (Å²) in [4.78, 5) is 0. The Morgan fingerprint density at radius 1 is 0.312 bits per heavy atom. The molecule has 12 rings (SSSR count). The summed E-state index contributed by atoms with van der Waals surface area (Å²) in [6, 6.07) is 60.6. The molecule has 0 aliphatic heterocycles. The molecular formula is C54H41B7N2S. The smallest absolute Gasteiger partial charge is 0.141 e. The van der Waals surface area contributed by atoms with Gasteiger partial charge in [0.1, 0.15) is 54.9 Å². The van der Waals surface area contributed by atoms with Gasteiger partial charge in [-0.15, -0.1) is 16.8 Å². The Bertz CT molecular complexity index is 3930. The van der Waals surface area contributed by atoms with Crippen molar-refractivity contribution in [1.82, 2.24) is 9.13 Å². The van der Waals surface area contributed by atoms with Crippen LogP contribution < -0.4 is 38.2 Å². The zero-order valence-corrected chi connectivity index (χ0v) is 38.2. The van der Waals surface area contributed by atoms with Crippen LogP contribution in [0.1, 0.15) is 0 Å². The highest BCUT2D eigenvalue weighted by Gasteiger charge is 2.26. The first-order valence-corrected chi connectivity index (χ1v) is 23.3. The van der Waals surface area contributed by atoms with Crippen molar-refractivity contribution >= 4 is 168 Å². The maximum absolute atomic E-state index is 2.61. The zero-order valence-electron chi connectivity index (χ0n) is 37.4. The number of rotatable bonds is 5. The first kappa shape index (κ1) is 38.9. The molecule has 0 aliphatic rings. The van der Waals surface area contributed by atoms with E-state index < -0.39 is 0 Å². The molecule has 0 unspecified atom stereocenters. The molecule has 0 fully saturated rings. The van der Waals surface area contributed by atoms with Crippen LogP contribution in [0.25, 0.3) is 109 Å². The summed E-state index contributed by atoms with van der Waals surface area (Å²) < 4.78 is 7.72. The summed E-state index contributed by atoms with van der Waals surface area (Å²) in [5, 5.41) is 7.90. The van der Waals surface area contributed by atoms with Gasteiger partial charge in [-0.3, -0.25) is 0 Å². The third-order valence-electron chi connectivity index (χ3n) is 14.6. The van der Waals surface area contributed by atoms with E-state index in [1.54, 1.807) is 0 Å². The van der Waals surface area contributed by atoms with Gasteiger partial charge >= 0.3 is 0 Å². The Labute approximate surface area is 383 Å². The third-order valence-corrected chi connectivity index (χ3v) is 15.8. The second-order valence-corrected chi connectivity index (χ2v) is 19.0. The van der Waals surface area contributed by atoms with Crippen LogP contribution in [0, 0.1) is 0 Å². The monoisotopic (exact) mass is 826 g/mol. The van der Waals surface area contributed by atoms with E-state index >= 15 is 0 Å². The van der Waals surface area contributed by atoms with Crippen molar-refractivity contribution in [2.75, 3.05) is 0 Å². The second kappa shape index (κ2) is 14.7. The first-order valence-electron chi connectivity index (χ1n) is 22.4. The fourth-order valence-corrected chi connectivity index (χ4v) is 12.1. The summed E-state index contributed by atoms with van der Waals surface area (Å²) in [5.74, 6) is 0. The van der Waals surface area contributed by atoms with Crippen LogP contribution in [-0.2, 0) is 0 Å². The second-order valence-electron chi connectivity index (χ2n) is 17.9. The molecule has 10 heteroatoms. The Hall–Kier alpha value is -6.75. The minimum Gasteiger partial charge on any atom is -0.310 e. The van der Waals surface area contributed by atoms with Gasteiger partial charge in [0.05, 0.1) is 11.0 Å². The average molecular weight is 826 g/mol. The van der Waals surface area contributed by atoms with Crippen molar-refractivity contribution in [2.24, 2.45) is 0 Å². The number of hydrogen-bond acceptors (Lipinski definition) is 1. The van der Waals surface area contributed by atoms with Crippen molar-refractivity contribution < 1.29 is 0 Å². The molecular weight excluding hydrogens is 784 g/mol. The lowest BCUT2D eigenvalue weighted by Gasteiger charge is -2.19.